The molecule has 5 nitrogen and oxygen atoms in total. The van der Waals surface area contributed by atoms with Crippen molar-refractivity contribution < 1.29 is 9.47 Å². The maximum atomic E-state index is 5.48. The van der Waals surface area contributed by atoms with Crippen LogP contribution in [0.4, 0.5) is 0 Å². The van der Waals surface area contributed by atoms with Gasteiger partial charge in [-0.05, 0) is 52.4 Å². The highest BCUT2D eigenvalue weighted by Gasteiger charge is 2.41. The molecule has 1 saturated carbocycles. The Labute approximate surface area is 129 Å². The van der Waals surface area contributed by atoms with Crippen molar-refractivity contribution >= 4 is 5.96 Å². The number of rotatable bonds is 10. The molecular formula is C16H33N3O2. The molecule has 0 aliphatic heterocycles. The largest absolute Gasteiger partial charge is 0.382 e. The number of hydrogen-bond donors (Lipinski definition) is 2. The van der Waals surface area contributed by atoms with Crippen LogP contribution in [-0.4, -0.2) is 51.5 Å². The van der Waals surface area contributed by atoms with Crippen molar-refractivity contribution in [1.82, 2.24) is 10.6 Å². The summed E-state index contributed by atoms with van der Waals surface area (Å²) in [5.74, 6) is 0.880. The first kappa shape index (κ1) is 18.2. The van der Waals surface area contributed by atoms with Crippen LogP contribution in [-0.2, 0) is 9.47 Å². The molecule has 0 amide bonds. The normalized spacial score (nSPS) is 17.7. The smallest absolute Gasteiger partial charge is 0.191 e. The highest BCUT2D eigenvalue weighted by Crippen LogP contribution is 2.48. The van der Waals surface area contributed by atoms with Crippen LogP contribution in [0.25, 0.3) is 0 Å². The fourth-order valence-electron chi connectivity index (χ4n) is 2.07. The van der Waals surface area contributed by atoms with Crippen LogP contribution in [0.5, 0.6) is 0 Å². The zero-order valence-electron chi connectivity index (χ0n) is 14.4. The number of aliphatic imine (C=N–C) groups is 1. The average Bonchev–Trinajstić information content (AvgIpc) is 3.23. The Morgan fingerprint density at radius 1 is 1.24 bits per heavy atom. The standard InChI is InChI=1S/C16H33N3O2/c1-6-17-14(18-12-15(3,4)20-5)19-13-16(8-9-16)10-11-21-7-2/h6-13H2,1-5H3,(H2,17,18,19). The van der Waals surface area contributed by atoms with E-state index in [-0.39, 0.29) is 5.60 Å². The second-order valence-electron chi connectivity index (χ2n) is 6.46. The molecule has 1 aliphatic rings. The van der Waals surface area contributed by atoms with E-state index in [4.69, 9.17) is 9.47 Å². The summed E-state index contributed by atoms with van der Waals surface area (Å²) in [6, 6.07) is 0. The molecule has 0 heterocycles. The summed E-state index contributed by atoms with van der Waals surface area (Å²) in [5.41, 5.74) is 0.191. The molecule has 0 atom stereocenters. The first-order valence-corrected chi connectivity index (χ1v) is 8.12. The lowest BCUT2D eigenvalue weighted by atomic mass is 10.0. The van der Waals surface area contributed by atoms with Crippen molar-refractivity contribution in [1.29, 1.82) is 0 Å². The zero-order chi connectivity index (χ0) is 15.8. The Morgan fingerprint density at radius 3 is 2.48 bits per heavy atom. The van der Waals surface area contributed by atoms with Crippen molar-refractivity contribution in [3.8, 4) is 0 Å². The molecule has 0 saturated heterocycles. The van der Waals surface area contributed by atoms with Crippen LogP contribution in [0, 0.1) is 5.41 Å². The SMILES string of the molecule is CCNC(=NCC(C)(C)OC)NCC1(CCOCC)CC1. The average molecular weight is 299 g/mol. The number of hydrogen-bond acceptors (Lipinski definition) is 3. The monoisotopic (exact) mass is 299 g/mol. The lowest BCUT2D eigenvalue weighted by Crippen LogP contribution is -2.41. The molecule has 0 aromatic carbocycles. The molecule has 0 radical (unpaired) electrons. The van der Waals surface area contributed by atoms with Gasteiger partial charge in [0.2, 0.25) is 0 Å². The van der Waals surface area contributed by atoms with Gasteiger partial charge in [0, 0.05) is 33.4 Å². The molecule has 0 bridgehead atoms. The van der Waals surface area contributed by atoms with Gasteiger partial charge in [0.05, 0.1) is 12.1 Å². The fraction of sp³-hybridized carbons (Fsp3) is 0.938. The summed E-state index contributed by atoms with van der Waals surface area (Å²) in [6.45, 7) is 12.4. The number of ether oxygens (including phenoxy) is 2. The molecular weight excluding hydrogens is 266 g/mol. The topological polar surface area (TPSA) is 54.9 Å². The van der Waals surface area contributed by atoms with Gasteiger partial charge in [-0.15, -0.1) is 0 Å². The second kappa shape index (κ2) is 8.59. The lowest BCUT2D eigenvalue weighted by molar-refractivity contribution is 0.0310. The van der Waals surface area contributed by atoms with E-state index >= 15 is 0 Å². The lowest BCUT2D eigenvalue weighted by Gasteiger charge is -2.22. The third kappa shape index (κ3) is 7.14. The minimum Gasteiger partial charge on any atom is -0.382 e. The zero-order valence-corrected chi connectivity index (χ0v) is 14.4. The third-order valence-corrected chi connectivity index (χ3v) is 4.08. The Kier molecular flexibility index (Phi) is 7.46. The third-order valence-electron chi connectivity index (χ3n) is 4.08. The maximum absolute atomic E-state index is 5.48. The van der Waals surface area contributed by atoms with Crippen LogP contribution in [0.1, 0.15) is 47.0 Å². The highest BCUT2D eigenvalue weighted by atomic mass is 16.5. The van der Waals surface area contributed by atoms with E-state index in [2.05, 4.69) is 22.5 Å². The molecule has 21 heavy (non-hydrogen) atoms. The van der Waals surface area contributed by atoms with Gasteiger partial charge in [-0.3, -0.25) is 4.99 Å². The van der Waals surface area contributed by atoms with E-state index < -0.39 is 0 Å². The predicted octanol–water partition coefficient (Wildman–Crippen LogP) is 2.17. The molecule has 0 aromatic rings. The van der Waals surface area contributed by atoms with E-state index in [0.717, 1.165) is 38.7 Å². The summed E-state index contributed by atoms with van der Waals surface area (Å²) >= 11 is 0. The molecule has 5 heteroatoms. The fourth-order valence-corrected chi connectivity index (χ4v) is 2.07. The van der Waals surface area contributed by atoms with Crippen molar-refractivity contribution in [3.05, 3.63) is 0 Å². The molecule has 1 aliphatic carbocycles. The number of nitrogens with one attached hydrogen (secondary N) is 2. The van der Waals surface area contributed by atoms with Gasteiger partial charge < -0.3 is 20.1 Å². The molecule has 2 N–H and O–H groups in total. The van der Waals surface area contributed by atoms with Gasteiger partial charge in [-0.25, -0.2) is 0 Å². The van der Waals surface area contributed by atoms with E-state index in [0.29, 0.717) is 12.0 Å². The summed E-state index contributed by atoms with van der Waals surface area (Å²) in [4.78, 5) is 4.62. The van der Waals surface area contributed by atoms with Crippen LogP contribution in [0.3, 0.4) is 0 Å². The number of guanidine groups is 1. The summed E-state index contributed by atoms with van der Waals surface area (Å²) in [6.07, 6.45) is 3.71. The minimum atomic E-state index is -0.228. The van der Waals surface area contributed by atoms with Crippen LogP contribution in [0.15, 0.2) is 4.99 Å². The van der Waals surface area contributed by atoms with Gasteiger partial charge in [-0.1, -0.05) is 0 Å². The van der Waals surface area contributed by atoms with Crippen LogP contribution >= 0.6 is 0 Å². The van der Waals surface area contributed by atoms with Crippen LogP contribution in [0.2, 0.25) is 0 Å². The van der Waals surface area contributed by atoms with Gasteiger partial charge in [-0.2, -0.15) is 0 Å². The Hall–Kier alpha value is -0.810. The van der Waals surface area contributed by atoms with E-state index in [9.17, 15) is 0 Å². The van der Waals surface area contributed by atoms with E-state index in [1.165, 1.54) is 12.8 Å². The van der Waals surface area contributed by atoms with Gasteiger partial charge in [0.1, 0.15) is 0 Å². The Morgan fingerprint density at radius 2 is 1.95 bits per heavy atom. The predicted molar refractivity (Wildman–Crippen MR) is 87.8 cm³/mol. The summed E-state index contributed by atoms with van der Waals surface area (Å²) in [7, 11) is 1.72. The molecule has 0 aromatic heterocycles. The number of methoxy groups -OCH3 is 1. The Bertz CT molecular complexity index is 325. The highest BCUT2D eigenvalue weighted by molar-refractivity contribution is 5.79. The minimum absolute atomic E-state index is 0.228. The number of nitrogens with zero attached hydrogens (tertiary/aromatic N) is 1. The molecule has 1 fully saturated rings. The van der Waals surface area contributed by atoms with Gasteiger partial charge in [0.25, 0.3) is 0 Å². The van der Waals surface area contributed by atoms with E-state index in [1.807, 2.05) is 20.8 Å². The quantitative estimate of drug-likeness (QED) is 0.369. The first-order chi connectivity index (χ1) is 9.97. The van der Waals surface area contributed by atoms with Gasteiger partial charge >= 0.3 is 0 Å². The summed E-state index contributed by atoms with van der Waals surface area (Å²) in [5, 5.41) is 6.77. The molecule has 0 unspecified atom stereocenters. The van der Waals surface area contributed by atoms with Gasteiger partial charge in [0.15, 0.2) is 5.96 Å². The maximum Gasteiger partial charge on any atom is 0.191 e. The molecule has 1 rings (SSSR count). The molecule has 124 valence electrons. The van der Waals surface area contributed by atoms with Crippen molar-refractivity contribution in [2.45, 2.75) is 52.6 Å². The van der Waals surface area contributed by atoms with E-state index in [1.54, 1.807) is 7.11 Å². The summed E-state index contributed by atoms with van der Waals surface area (Å²) < 4.78 is 10.9. The molecule has 0 spiro atoms. The van der Waals surface area contributed by atoms with Crippen molar-refractivity contribution in [3.63, 3.8) is 0 Å². The van der Waals surface area contributed by atoms with Crippen molar-refractivity contribution in [2.75, 3.05) is 40.0 Å². The van der Waals surface area contributed by atoms with Crippen molar-refractivity contribution in [2.24, 2.45) is 10.4 Å². The van der Waals surface area contributed by atoms with Crippen LogP contribution < -0.4 is 10.6 Å². The Balaban J connectivity index is 2.42. The second-order valence-corrected chi connectivity index (χ2v) is 6.46. The first-order valence-electron chi connectivity index (χ1n) is 8.12.